The normalized spacial score (nSPS) is 17.1. The number of hydrogen-bond acceptors (Lipinski definition) is 7. The largest absolute Gasteiger partial charge is 0.461 e. The second kappa shape index (κ2) is 7.88. The van der Waals surface area contributed by atoms with Gasteiger partial charge < -0.3 is 19.1 Å². The molecule has 1 saturated heterocycles. The fraction of sp³-hybridized carbons (Fsp3) is 0.667. The Balaban J connectivity index is 1.43. The maximum absolute atomic E-state index is 12.8. The fourth-order valence-electron chi connectivity index (χ4n) is 3.23. The van der Waals surface area contributed by atoms with Gasteiger partial charge in [0.2, 0.25) is 0 Å². The lowest BCUT2D eigenvalue weighted by Crippen LogP contribution is -2.54. The van der Waals surface area contributed by atoms with Gasteiger partial charge in [-0.1, -0.05) is 0 Å². The number of methoxy groups -OCH3 is 1. The van der Waals surface area contributed by atoms with Crippen LogP contribution in [0.25, 0.3) is 11.2 Å². The second-order valence-electron chi connectivity index (χ2n) is 7.41. The van der Waals surface area contributed by atoms with Crippen molar-refractivity contribution >= 4 is 17.2 Å². The molecule has 2 aromatic rings. The van der Waals surface area contributed by atoms with Gasteiger partial charge in [-0.3, -0.25) is 4.57 Å². The van der Waals surface area contributed by atoms with Crippen LogP contribution in [0.15, 0.2) is 11.0 Å². The maximum atomic E-state index is 12.8. The molecule has 0 aromatic carbocycles. The summed E-state index contributed by atoms with van der Waals surface area (Å²) in [5.41, 5.74) is 0.271. The number of amides is 1. The summed E-state index contributed by atoms with van der Waals surface area (Å²) >= 11 is 0. The van der Waals surface area contributed by atoms with Gasteiger partial charge in [0.1, 0.15) is 12.1 Å². The summed E-state index contributed by atoms with van der Waals surface area (Å²) in [5, 5.41) is 0. The highest BCUT2D eigenvalue weighted by atomic mass is 16.5. The van der Waals surface area contributed by atoms with Gasteiger partial charge in [-0.05, 0) is 18.8 Å². The van der Waals surface area contributed by atoms with Gasteiger partial charge in [-0.15, -0.1) is 0 Å². The van der Waals surface area contributed by atoms with Crippen molar-refractivity contribution in [3.8, 4) is 6.01 Å². The van der Waals surface area contributed by atoms with E-state index < -0.39 is 5.69 Å². The number of fused-ring (bicyclic) bond motifs is 1. The van der Waals surface area contributed by atoms with E-state index in [1.165, 1.54) is 23.6 Å². The van der Waals surface area contributed by atoms with Crippen LogP contribution in [-0.2, 0) is 16.5 Å². The Labute approximate surface area is 162 Å². The van der Waals surface area contributed by atoms with Crippen LogP contribution in [-0.4, -0.2) is 76.7 Å². The molecule has 2 aliphatic rings. The van der Waals surface area contributed by atoms with Gasteiger partial charge in [0.25, 0.3) is 0 Å². The van der Waals surface area contributed by atoms with E-state index in [2.05, 4.69) is 9.97 Å². The highest BCUT2D eigenvalue weighted by Crippen LogP contribution is 2.29. The molecule has 1 saturated carbocycles. The Bertz CT molecular complexity index is 913. The third kappa shape index (κ3) is 3.74. The molecule has 2 aromatic heterocycles. The number of aryl methyl sites for hydroxylation is 1. The first kappa shape index (κ1) is 18.9. The molecule has 2 fully saturated rings. The van der Waals surface area contributed by atoms with Gasteiger partial charge in [0, 0.05) is 39.8 Å². The standard InChI is InChI=1S/C18H25N5O5/c1-21-15-14(7-19-16(20-15)28-6-5-26-2)23(17(21)24)18(25)22-8-13(9-22)11-27-10-12-3-4-12/h7,12-13H,3-6,8-11H2,1-2H3. The zero-order chi connectivity index (χ0) is 19.7. The van der Waals surface area contributed by atoms with E-state index in [1.807, 2.05) is 0 Å². The summed E-state index contributed by atoms with van der Waals surface area (Å²) in [6.07, 6.45) is 3.97. The Morgan fingerprint density at radius 1 is 1.21 bits per heavy atom. The van der Waals surface area contributed by atoms with E-state index in [9.17, 15) is 9.59 Å². The maximum Gasteiger partial charge on any atom is 0.338 e. The number of ether oxygens (including phenoxy) is 3. The zero-order valence-corrected chi connectivity index (χ0v) is 16.2. The predicted molar refractivity (Wildman–Crippen MR) is 99.5 cm³/mol. The number of rotatable bonds is 8. The highest BCUT2D eigenvalue weighted by molar-refractivity contribution is 5.88. The van der Waals surface area contributed by atoms with E-state index >= 15 is 0 Å². The zero-order valence-electron chi connectivity index (χ0n) is 16.2. The predicted octanol–water partition coefficient (Wildman–Crippen LogP) is 0.482. The van der Waals surface area contributed by atoms with Crippen LogP contribution in [0.5, 0.6) is 6.01 Å². The molecule has 1 amide bonds. The first-order valence-electron chi connectivity index (χ1n) is 9.51. The van der Waals surface area contributed by atoms with Crippen molar-refractivity contribution in [2.45, 2.75) is 12.8 Å². The average molecular weight is 391 g/mol. The molecular weight excluding hydrogens is 366 g/mol. The van der Waals surface area contributed by atoms with Gasteiger partial charge in [0.05, 0.1) is 19.4 Å². The quantitative estimate of drug-likeness (QED) is 0.603. The lowest BCUT2D eigenvalue weighted by atomic mass is 10.0. The van der Waals surface area contributed by atoms with Crippen molar-refractivity contribution < 1.29 is 19.0 Å². The van der Waals surface area contributed by atoms with Crippen molar-refractivity contribution in [1.29, 1.82) is 0 Å². The average Bonchev–Trinajstić information content (AvgIpc) is 3.44. The highest BCUT2D eigenvalue weighted by Gasteiger charge is 2.34. The molecule has 3 heterocycles. The van der Waals surface area contributed by atoms with E-state index in [0.717, 1.165) is 17.1 Å². The van der Waals surface area contributed by atoms with E-state index in [-0.39, 0.29) is 12.0 Å². The van der Waals surface area contributed by atoms with E-state index in [4.69, 9.17) is 14.2 Å². The minimum absolute atomic E-state index is 0.140. The molecule has 0 spiro atoms. The number of imidazole rings is 1. The number of nitrogens with zero attached hydrogens (tertiary/aromatic N) is 5. The van der Waals surface area contributed by atoms with Crippen molar-refractivity contribution in [2.75, 3.05) is 46.6 Å². The molecule has 1 aliphatic heterocycles. The number of hydrogen-bond donors (Lipinski definition) is 0. The lowest BCUT2D eigenvalue weighted by Gasteiger charge is -2.38. The van der Waals surface area contributed by atoms with Gasteiger partial charge >= 0.3 is 17.7 Å². The molecule has 0 unspecified atom stereocenters. The van der Waals surface area contributed by atoms with Crippen LogP contribution in [0.2, 0.25) is 0 Å². The molecule has 152 valence electrons. The molecule has 28 heavy (non-hydrogen) atoms. The summed E-state index contributed by atoms with van der Waals surface area (Å²) < 4.78 is 18.5. The molecular formula is C18H25N5O5. The van der Waals surface area contributed by atoms with E-state index in [0.29, 0.717) is 50.0 Å². The van der Waals surface area contributed by atoms with Crippen LogP contribution >= 0.6 is 0 Å². The first-order chi connectivity index (χ1) is 13.6. The Morgan fingerprint density at radius 3 is 2.68 bits per heavy atom. The third-order valence-electron chi connectivity index (χ3n) is 5.11. The second-order valence-corrected chi connectivity index (χ2v) is 7.41. The van der Waals surface area contributed by atoms with E-state index in [1.54, 1.807) is 19.1 Å². The van der Waals surface area contributed by atoms with Crippen molar-refractivity contribution in [1.82, 2.24) is 24.0 Å². The minimum atomic E-state index is -0.447. The first-order valence-corrected chi connectivity index (χ1v) is 9.51. The summed E-state index contributed by atoms with van der Waals surface area (Å²) in [4.78, 5) is 35.5. The molecule has 0 N–H and O–H groups in total. The van der Waals surface area contributed by atoms with Crippen molar-refractivity contribution in [3.63, 3.8) is 0 Å². The monoisotopic (exact) mass is 391 g/mol. The smallest absolute Gasteiger partial charge is 0.338 e. The summed E-state index contributed by atoms with van der Waals surface area (Å²) in [7, 11) is 3.15. The SMILES string of the molecule is COCCOc1ncc2c(n1)n(C)c(=O)n2C(=O)N1CC(COCC2CC2)C1. The topological polar surface area (TPSA) is 101 Å². The van der Waals surface area contributed by atoms with Crippen molar-refractivity contribution in [2.24, 2.45) is 18.9 Å². The molecule has 1 aliphatic carbocycles. The van der Waals surface area contributed by atoms with Crippen molar-refractivity contribution in [3.05, 3.63) is 16.7 Å². The number of carbonyl (C=O) groups is 1. The van der Waals surface area contributed by atoms with Crippen LogP contribution in [0.3, 0.4) is 0 Å². The molecule has 10 heteroatoms. The minimum Gasteiger partial charge on any atom is -0.461 e. The summed E-state index contributed by atoms with van der Waals surface area (Å²) in [5.74, 6) is 1.06. The molecule has 0 atom stereocenters. The Kier molecular flexibility index (Phi) is 5.31. The lowest BCUT2D eigenvalue weighted by molar-refractivity contribution is 0.0290. The Hall–Kier alpha value is -2.46. The van der Waals surface area contributed by atoms with Crippen LogP contribution in [0, 0.1) is 11.8 Å². The molecule has 0 bridgehead atoms. The molecule has 0 radical (unpaired) electrons. The fourth-order valence-corrected chi connectivity index (χ4v) is 3.23. The van der Waals surface area contributed by atoms with Gasteiger partial charge in [0.15, 0.2) is 5.65 Å². The molecule has 4 rings (SSSR count). The van der Waals surface area contributed by atoms with Crippen LogP contribution in [0.4, 0.5) is 4.79 Å². The summed E-state index contributed by atoms with van der Waals surface area (Å²) in [6.45, 7) is 3.36. The third-order valence-corrected chi connectivity index (χ3v) is 5.11. The van der Waals surface area contributed by atoms with Crippen LogP contribution < -0.4 is 10.4 Å². The van der Waals surface area contributed by atoms with Gasteiger partial charge in [-0.25, -0.2) is 19.1 Å². The summed E-state index contributed by atoms with van der Waals surface area (Å²) in [6, 6.07) is -0.215. The molecule has 10 nitrogen and oxygen atoms in total. The number of likely N-dealkylation sites (tertiary alicyclic amines) is 1. The number of carbonyl (C=O) groups excluding carboxylic acids is 1. The Morgan fingerprint density at radius 2 is 1.96 bits per heavy atom. The van der Waals surface area contributed by atoms with Gasteiger partial charge in [-0.2, -0.15) is 4.98 Å². The number of aromatic nitrogens is 4. The van der Waals surface area contributed by atoms with Crippen LogP contribution in [0.1, 0.15) is 12.8 Å².